The maximum absolute atomic E-state index is 12.1. The van der Waals surface area contributed by atoms with Crippen molar-refractivity contribution >= 4 is 12.1 Å². The van der Waals surface area contributed by atoms with Gasteiger partial charge in [0.05, 0.1) is 7.11 Å². The minimum Gasteiger partial charge on any atom is -0.467 e. The van der Waals surface area contributed by atoms with Crippen LogP contribution in [0.4, 0.5) is 4.79 Å². The average Bonchev–Trinajstić information content (AvgIpc) is 2.50. The van der Waals surface area contributed by atoms with Crippen LogP contribution in [0.25, 0.3) is 0 Å². The van der Waals surface area contributed by atoms with Crippen LogP contribution >= 0.6 is 0 Å². The van der Waals surface area contributed by atoms with Crippen LogP contribution in [0.5, 0.6) is 0 Å². The first-order valence-electron chi connectivity index (χ1n) is 6.42. The van der Waals surface area contributed by atoms with Crippen molar-refractivity contribution in [1.29, 1.82) is 0 Å². The van der Waals surface area contributed by atoms with E-state index >= 15 is 0 Å². The van der Waals surface area contributed by atoms with E-state index in [1.165, 1.54) is 12.0 Å². The van der Waals surface area contributed by atoms with Crippen molar-refractivity contribution in [2.75, 3.05) is 13.7 Å². The Morgan fingerprint density at radius 2 is 1.83 bits per heavy atom. The summed E-state index contributed by atoms with van der Waals surface area (Å²) in [5, 5.41) is 0. The minimum absolute atomic E-state index is 0.359. The number of rotatable bonds is 1. The molecule has 1 aliphatic heterocycles. The Kier molecular flexibility index (Phi) is 4.99. The molecule has 0 aromatic rings. The van der Waals surface area contributed by atoms with Gasteiger partial charge in [0, 0.05) is 6.54 Å². The molecule has 5 nitrogen and oxygen atoms in total. The van der Waals surface area contributed by atoms with E-state index in [-0.39, 0.29) is 5.97 Å². The molecule has 0 aromatic heterocycles. The van der Waals surface area contributed by atoms with Gasteiger partial charge in [0.15, 0.2) is 0 Å². The lowest BCUT2D eigenvalue weighted by Gasteiger charge is -2.30. The van der Waals surface area contributed by atoms with Crippen LogP contribution < -0.4 is 0 Å². The standard InChI is InChI=1S/C13H23NO4/c1-13(2,3)18-12(16)14-9-7-5-6-8-10(14)11(15)17-4/h10H,5-9H2,1-4H3/t10-/m0/s1. The van der Waals surface area contributed by atoms with Crippen LogP contribution in [0.15, 0.2) is 0 Å². The van der Waals surface area contributed by atoms with Gasteiger partial charge in [0.25, 0.3) is 0 Å². The lowest BCUT2D eigenvalue weighted by molar-refractivity contribution is -0.146. The SMILES string of the molecule is COC(=O)[C@@H]1CCCCCN1C(=O)OC(C)(C)C. The number of hydrogen-bond acceptors (Lipinski definition) is 4. The molecule has 5 heteroatoms. The van der Waals surface area contributed by atoms with Crippen molar-refractivity contribution in [3.8, 4) is 0 Å². The monoisotopic (exact) mass is 257 g/mol. The summed E-state index contributed by atoms with van der Waals surface area (Å²) in [6.45, 7) is 6.00. The molecule has 1 atom stereocenters. The largest absolute Gasteiger partial charge is 0.467 e. The molecule has 0 unspecified atom stereocenters. The van der Waals surface area contributed by atoms with Gasteiger partial charge in [-0.25, -0.2) is 9.59 Å². The Bertz CT molecular complexity index is 309. The van der Waals surface area contributed by atoms with Crippen molar-refractivity contribution in [3.05, 3.63) is 0 Å². The van der Waals surface area contributed by atoms with Crippen molar-refractivity contribution < 1.29 is 19.1 Å². The Morgan fingerprint density at radius 3 is 2.39 bits per heavy atom. The van der Waals surface area contributed by atoms with E-state index in [9.17, 15) is 9.59 Å². The molecule has 0 radical (unpaired) electrons. The molecule has 1 aliphatic rings. The number of methoxy groups -OCH3 is 1. The van der Waals surface area contributed by atoms with E-state index < -0.39 is 17.7 Å². The van der Waals surface area contributed by atoms with E-state index in [1.807, 2.05) is 20.8 Å². The highest BCUT2D eigenvalue weighted by atomic mass is 16.6. The molecule has 1 heterocycles. The van der Waals surface area contributed by atoms with Crippen LogP contribution in [-0.2, 0) is 14.3 Å². The fraction of sp³-hybridized carbons (Fsp3) is 0.846. The molecule has 1 saturated heterocycles. The molecule has 18 heavy (non-hydrogen) atoms. The fourth-order valence-corrected chi connectivity index (χ4v) is 2.03. The predicted octanol–water partition coefficient (Wildman–Crippen LogP) is 2.34. The number of esters is 1. The maximum atomic E-state index is 12.1. The zero-order valence-corrected chi connectivity index (χ0v) is 11.7. The van der Waals surface area contributed by atoms with Gasteiger partial charge in [-0.1, -0.05) is 12.8 Å². The number of amides is 1. The second-order valence-electron chi connectivity index (χ2n) is 5.56. The molecular formula is C13H23NO4. The molecular weight excluding hydrogens is 234 g/mol. The summed E-state index contributed by atoms with van der Waals surface area (Å²) in [7, 11) is 1.35. The number of carbonyl (C=O) groups excluding carboxylic acids is 2. The quantitative estimate of drug-likeness (QED) is 0.677. The van der Waals surface area contributed by atoms with E-state index in [1.54, 1.807) is 0 Å². The normalized spacial score (nSPS) is 21.1. The molecule has 104 valence electrons. The minimum atomic E-state index is -0.552. The third kappa shape index (κ3) is 4.20. The van der Waals surface area contributed by atoms with Crippen LogP contribution in [0, 0.1) is 0 Å². The number of likely N-dealkylation sites (tertiary alicyclic amines) is 1. The highest BCUT2D eigenvalue weighted by Gasteiger charge is 2.34. The van der Waals surface area contributed by atoms with E-state index in [2.05, 4.69) is 0 Å². The molecule has 1 fully saturated rings. The van der Waals surface area contributed by atoms with Crippen molar-refractivity contribution in [3.63, 3.8) is 0 Å². The van der Waals surface area contributed by atoms with Gasteiger partial charge >= 0.3 is 12.1 Å². The average molecular weight is 257 g/mol. The van der Waals surface area contributed by atoms with E-state index in [0.717, 1.165) is 19.3 Å². The highest BCUT2D eigenvalue weighted by Crippen LogP contribution is 2.20. The second-order valence-corrected chi connectivity index (χ2v) is 5.56. The van der Waals surface area contributed by atoms with Gasteiger partial charge in [-0.15, -0.1) is 0 Å². The summed E-state index contributed by atoms with van der Waals surface area (Å²) in [6.07, 6.45) is 3.06. The second kappa shape index (κ2) is 6.07. The van der Waals surface area contributed by atoms with Gasteiger partial charge in [-0.3, -0.25) is 4.90 Å². The third-order valence-corrected chi connectivity index (χ3v) is 2.85. The molecule has 0 spiro atoms. The van der Waals surface area contributed by atoms with Gasteiger partial charge < -0.3 is 9.47 Å². The van der Waals surface area contributed by atoms with E-state index in [4.69, 9.17) is 9.47 Å². The molecule has 0 N–H and O–H groups in total. The van der Waals surface area contributed by atoms with Gasteiger partial charge in [-0.2, -0.15) is 0 Å². The molecule has 1 rings (SSSR count). The summed E-state index contributed by atoms with van der Waals surface area (Å²) in [6, 6.07) is -0.507. The summed E-state index contributed by atoms with van der Waals surface area (Å²) < 4.78 is 10.1. The lowest BCUT2D eigenvalue weighted by Crippen LogP contribution is -2.47. The Hall–Kier alpha value is -1.26. The number of hydrogen-bond donors (Lipinski definition) is 0. The van der Waals surface area contributed by atoms with E-state index in [0.29, 0.717) is 13.0 Å². The Morgan fingerprint density at radius 1 is 1.17 bits per heavy atom. The number of carbonyl (C=O) groups is 2. The van der Waals surface area contributed by atoms with Crippen molar-refractivity contribution in [1.82, 2.24) is 4.90 Å². The van der Waals surface area contributed by atoms with Crippen molar-refractivity contribution in [2.24, 2.45) is 0 Å². The smallest absolute Gasteiger partial charge is 0.411 e. The molecule has 0 aliphatic carbocycles. The lowest BCUT2D eigenvalue weighted by atomic mass is 10.1. The van der Waals surface area contributed by atoms with Crippen LogP contribution in [0.3, 0.4) is 0 Å². The zero-order chi connectivity index (χ0) is 13.8. The third-order valence-electron chi connectivity index (χ3n) is 2.85. The number of ether oxygens (including phenoxy) is 2. The fourth-order valence-electron chi connectivity index (χ4n) is 2.03. The predicted molar refractivity (Wildman–Crippen MR) is 67.2 cm³/mol. The first kappa shape index (κ1) is 14.8. The Balaban J connectivity index is 2.79. The van der Waals surface area contributed by atoms with Gasteiger partial charge in [0.1, 0.15) is 11.6 Å². The number of nitrogens with zero attached hydrogens (tertiary/aromatic N) is 1. The van der Waals surface area contributed by atoms with Crippen LogP contribution in [0.2, 0.25) is 0 Å². The summed E-state index contributed by atoms with van der Waals surface area (Å²) in [5.74, 6) is -0.359. The maximum Gasteiger partial charge on any atom is 0.411 e. The topological polar surface area (TPSA) is 55.8 Å². The molecule has 0 bridgehead atoms. The summed E-state index contributed by atoms with van der Waals surface area (Å²) in [5.41, 5.74) is -0.552. The molecule has 1 amide bonds. The van der Waals surface area contributed by atoms with Crippen LogP contribution in [0.1, 0.15) is 46.5 Å². The van der Waals surface area contributed by atoms with Gasteiger partial charge in [0.2, 0.25) is 0 Å². The van der Waals surface area contributed by atoms with Gasteiger partial charge in [-0.05, 0) is 33.6 Å². The summed E-state index contributed by atoms with van der Waals surface area (Å²) >= 11 is 0. The van der Waals surface area contributed by atoms with Crippen molar-refractivity contribution in [2.45, 2.75) is 58.1 Å². The first-order chi connectivity index (χ1) is 8.35. The van der Waals surface area contributed by atoms with Crippen LogP contribution in [-0.4, -0.2) is 42.3 Å². The Labute approximate surface area is 108 Å². The zero-order valence-electron chi connectivity index (χ0n) is 11.7. The first-order valence-corrected chi connectivity index (χ1v) is 6.42. The summed E-state index contributed by atoms with van der Waals surface area (Å²) in [4.78, 5) is 25.3. The molecule has 0 aromatic carbocycles. The highest BCUT2D eigenvalue weighted by molar-refractivity contribution is 5.81. The molecule has 0 saturated carbocycles.